The van der Waals surface area contributed by atoms with E-state index in [1.807, 2.05) is 17.0 Å². The molecule has 1 aromatic heterocycles. The van der Waals surface area contributed by atoms with Crippen molar-refractivity contribution >= 4 is 41.8 Å². The number of aliphatic hydroxyl groups excluding tert-OH is 1. The predicted molar refractivity (Wildman–Crippen MR) is 166 cm³/mol. The molecular weight excluding hydrogens is 579 g/mol. The Labute approximate surface area is 256 Å². The summed E-state index contributed by atoms with van der Waals surface area (Å²) < 4.78 is 6.12. The predicted octanol–water partition coefficient (Wildman–Crippen LogP) is 4.82. The number of nitrogens with two attached hydrogens (primary N) is 1. The summed E-state index contributed by atoms with van der Waals surface area (Å²) in [5, 5.41) is 19.7. The smallest absolute Gasteiger partial charge is 0.303 e. The van der Waals surface area contributed by atoms with Crippen molar-refractivity contribution in [1.29, 1.82) is 0 Å². The van der Waals surface area contributed by atoms with Gasteiger partial charge in [-0.1, -0.05) is 23.2 Å². The van der Waals surface area contributed by atoms with E-state index in [2.05, 4.69) is 21.6 Å². The van der Waals surface area contributed by atoms with Gasteiger partial charge in [-0.25, -0.2) is 15.0 Å². The Morgan fingerprint density at radius 3 is 2.43 bits per heavy atom. The number of aliphatic hydroxyl groups is 1. The minimum absolute atomic E-state index is 0.0554. The van der Waals surface area contributed by atoms with Gasteiger partial charge in [0.25, 0.3) is 0 Å². The molecule has 0 amide bonds. The van der Waals surface area contributed by atoms with Crippen LogP contribution in [0, 0.1) is 5.92 Å². The SMILES string of the molecule is C=NC(=N/C=C(\C)Oc1cc(CN2CCC(CC(=O)O)CC2)cc(-c2cc(Cl)cc(Cl)c2)n1)N1CCC(N)(CO)CC1. The molecule has 2 aliphatic heterocycles. The second kappa shape index (κ2) is 14.4. The topological polar surface area (TPSA) is 137 Å². The zero-order valence-corrected chi connectivity index (χ0v) is 25.3. The first kappa shape index (κ1) is 31.9. The highest BCUT2D eigenvalue weighted by atomic mass is 35.5. The third kappa shape index (κ3) is 8.99. The summed E-state index contributed by atoms with van der Waals surface area (Å²) >= 11 is 12.6. The minimum atomic E-state index is -0.742. The van der Waals surface area contributed by atoms with E-state index in [1.165, 1.54) is 0 Å². The van der Waals surface area contributed by atoms with E-state index < -0.39 is 11.5 Å². The molecule has 0 radical (unpaired) electrons. The van der Waals surface area contributed by atoms with E-state index in [1.54, 1.807) is 31.3 Å². The number of carboxylic acid groups (broad SMARTS) is 1. The number of hydrogen-bond donors (Lipinski definition) is 3. The van der Waals surface area contributed by atoms with Gasteiger partial charge >= 0.3 is 5.97 Å². The van der Waals surface area contributed by atoms with Crippen LogP contribution in [-0.4, -0.2) is 82.0 Å². The van der Waals surface area contributed by atoms with Gasteiger partial charge in [0.2, 0.25) is 11.8 Å². The van der Waals surface area contributed by atoms with E-state index in [-0.39, 0.29) is 18.9 Å². The Kier molecular flexibility index (Phi) is 11.0. The second-order valence-corrected chi connectivity index (χ2v) is 12.0. The summed E-state index contributed by atoms with van der Waals surface area (Å²) in [4.78, 5) is 28.7. The number of aliphatic carboxylic acids is 1. The van der Waals surface area contributed by atoms with Crippen molar-refractivity contribution in [2.75, 3.05) is 32.8 Å². The van der Waals surface area contributed by atoms with Crippen LogP contribution >= 0.6 is 23.2 Å². The van der Waals surface area contributed by atoms with Gasteiger partial charge in [-0.3, -0.25) is 9.69 Å². The van der Waals surface area contributed by atoms with E-state index in [4.69, 9.17) is 43.8 Å². The Hall–Kier alpha value is -3.02. The summed E-state index contributed by atoms with van der Waals surface area (Å²) in [6, 6.07) is 9.18. The average molecular weight is 618 g/mol. The number of aromatic nitrogens is 1. The number of nitrogens with zero attached hydrogens (tertiary/aromatic N) is 5. The molecule has 226 valence electrons. The van der Waals surface area contributed by atoms with Crippen LogP contribution in [0.15, 0.2) is 52.3 Å². The molecule has 2 aliphatic rings. The van der Waals surface area contributed by atoms with Crippen molar-refractivity contribution in [2.45, 2.75) is 51.1 Å². The summed E-state index contributed by atoms with van der Waals surface area (Å²) in [5.74, 6) is 0.824. The molecule has 2 fully saturated rings. The van der Waals surface area contributed by atoms with Gasteiger partial charge in [-0.05, 0) is 88.2 Å². The van der Waals surface area contributed by atoms with Gasteiger partial charge in [0.1, 0.15) is 5.76 Å². The molecule has 0 unspecified atom stereocenters. The standard InChI is InChI=1S/C30H38Cl2N6O4/c1-20(17-35-29(34-2)38-9-5-30(33,19-39)6-10-38)42-27-12-22(18-37-7-3-21(4-8-37)13-28(40)41)11-26(36-27)23-14-24(31)16-25(32)15-23/h11-12,14-17,21,39H,2-10,13,18-19,33H2,1H3,(H,40,41)/b20-17+,35-29?. The molecule has 1 aromatic carbocycles. The molecule has 4 rings (SSSR count). The Bertz CT molecular complexity index is 1310. The van der Waals surface area contributed by atoms with Crippen molar-refractivity contribution in [3.8, 4) is 17.1 Å². The number of allylic oxidation sites excluding steroid dienone is 1. The lowest BCUT2D eigenvalue weighted by molar-refractivity contribution is -0.138. The van der Waals surface area contributed by atoms with Gasteiger partial charge in [-0.2, -0.15) is 0 Å². The number of carbonyl (C=O) groups is 1. The number of pyridine rings is 1. The number of aliphatic imine (C=N–C) groups is 2. The van der Waals surface area contributed by atoms with Crippen LogP contribution in [0.1, 0.15) is 44.6 Å². The number of guanidine groups is 1. The van der Waals surface area contributed by atoms with Crippen molar-refractivity contribution in [1.82, 2.24) is 14.8 Å². The first-order chi connectivity index (χ1) is 20.1. The van der Waals surface area contributed by atoms with E-state index in [0.29, 0.717) is 65.8 Å². The highest BCUT2D eigenvalue weighted by molar-refractivity contribution is 6.35. The first-order valence-corrected chi connectivity index (χ1v) is 14.8. The molecule has 0 aliphatic carbocycles. The van der Waals surface area contributed by atoms with Gasteiger partial charge in [0.15, 0.2) is 0 Å². The zero-order valence-electron chi connectivity index (χ0n) is 23.8. The molecule has 4 N–H and O–H groups in total. The molecule has 3 heterocycles. The number of carboxylic acids is 1. The summed E-state index contributed by atoms with van der Waals surface area (Å²) in [7, 11) is 0. The summed E-state index contributed by atoms with van der Waals surface area (Å²) in [6.45, 7) is 8.92. The highest BCUT2D eigenvalue weighted by Gasteiger charge is 2.31. The van der Waals surface area contributed by atoms with E-state index >= 15 is 0 Å². The van der Waals surface area contributed by atoms with Crippen LogP contribution in [-0.2, 0) is 11.3 Å². The van der Waals surface area contributed by atoms with Gasteiger partial charge in [0.05, 0.1) is 18.5 Å². The number of ether oxygens (including phenoxy) is 1. The minimum Gasteiger partial charge on any atom is -0.481 e. The number of halogens is 2. The summed E-state index contributed by atoms with van der Waals surface area (Å²) in [5.41, 5.74) is 8.05. The van der Waals surface area contributed by atoms with Gasteiger partial charge < -0.3 is 25.6 Å². The summed E-state index contributed by atoms with van der Waals surface area (Å²) in [6.07, 6.45) is 4.74. The molecule has 0 spiro atoms. The largest absolute Gasteiger partial charge is 0.481 e. The van der Waals surface area contributed by atoms with Crippen molar-refractivity contribution in [3.05, 3.63) is 57.9 Å². The number of hydrogen-bond acceptors (Lipinski definition) is 7. The van der Waals surface area contributed by atoms with Crippen LogP contribution in [0.5, 0.6) is 5.88 Å². The van der Waals surface area contributed by atoms with Crippen LogP contribution < -0.4 is 10.5 Å². The monoisotopic (exact) mass is 616 g/mol. The normalized spacial score (nSPS) is 18.6. The third-order valence-electron chi connectivity index (χ3n) is 7.72. The molecule has 10 nitrogen and oxygen atoms in total. The number of likely N-dealkylation sites (tertiary alicyclic amines) is 2. The maximum Gasteiger partial charge on any atom is 0.303 e. The Morgan fingerprint density at radius 2 is 1.83 bits per heavy atom. The maximum absolute atomic E-state index is 11.1. The maximum atomic E-state index is 11.1. The molecule has 12 heteroatoms. The fraction of sp³-hybridized carbons (Fsp3) is 0.467. The molecular formula is C30H38Cl2N6O4. The van der Waals surface area contributed by atoms with Crippen molar-refractivity contribution < 1.29 is 19.7 Å². The lowest BCUT2D eigenvalue weighted by atomic mass is 9.90. The Balaban J connectivity index is 1.53. The van der Waals surface area contributed by atoms with Gasteiger partial charge in [-0.15, -0.1) is 0 Å². The van der Waals surface area contributed by atoms with Crippen molar-refractivity contribution in [2.24, 2.45) is 21.6 Å². The fourth-order valence-corrected chi connectivity index (χ4v) is 5.80. The first-order valence-electron chi connectivity index (χ1n) is 14.0. The average Bonchev–Trinajstić information content (AvgIpc) is 2.94. The Morgan fingerprint density at radius 1 is 1.17 bits per heavy atom. The lowest BCUT2D eigenvalue weighted by Gasteiger charge is -2.38. The lowest BCUT2D eigenvalue weighted by Crippen LogP contribution is -2.53. The number of benzene rings is 1. The molecule has 0 saturated carbocycles. The number of piperidine rings is 2. The molecule has 42 heavy (non-hydrogen) atoms. The van der Waals surface area contributed by atoms with Crippen LogP contribution in [0.25, 0.3) is 11.3 Å². The highest BCUT2D eigenvalue weighted by Crippen LogP contribution is 2.30. The molecule has 0 atom stereocenters. The molecule has 2 aromatic rings. The quantitative estimate of drug-likeness (QED) is 0.207. The van der Waals surface area contributed by atoms with Crippen LogP contribution in [0.2, 0.25) is 10.0 Å². The second-order valence-electron chi connectivity index (χ2n) is 11.1. The van der Waals surface area contributed by atoms with Crippen molar-refractivity contribution in [3.63, 3.8) is 0 Å². The van der Waals surface area contributed by atoms with E-state index in [0.717, 1.165) is 37.1 Å². The van der Waals surface area contributed by atoms with Gasteiger partial charge in [0, 0.05) is 53.3 Å². The zero-order chi connectivity index (χ0) is 30.3. The number of rotatable bonds is 9. The third-order valence-corrected chi connectivity index (χ3v) is 8.16. The van der Waals surface area contributed by atoms with E-state index in [9.17, 15) is 9.90 Å². The van der Waals surface area contributed by atoms with Crippen LogP contribution in [0.3, 0.4) is 0 Å². The van der Waals surface area contributed by atoms with Crippen LogP contribution in [0.4, 0.5) is 0 Å². The molecule has 2 saturated heterocycles. The fourth-order valence-electron chi connectivity index (χ4n) is 5.28. The molecule has 0 bridgehead atoms.